The third kappa shape index (κ3) is 32.7. The van der Waals surface area contributed by atoms with Gasteiger partial charge in [0.05, 0.1) is 34.4 Å². The molecular formula is C43H74NO7+. The van der Waals surface area contributed by atoms with Crippen LogP contribution in [-0.4, -0.2) is 80.6 Å². The maximum Gasteiger partial charge on any atom is 0.362 e. The third-order valence-corrected chi connectivity index (χ3v) is 8.41. The number of hydrogen-bond donors (Lipinski definition) is 1. The molecule has 0 saturated carbocycles. The first kappa shape index (κ1) is 48.0. The molecule has 0 aromatic heterocycles. The number of ether oxygens (including phenoxy) is 3. The second kappa shape index (κ2) is 34.1. The van der Waals surface area contributed by atoms with E-state index in [0.717, 1.165) is 70.6 Å². The predicted octanol–water partition coefficient (Wildman–Crippen LogP) is 10.2. The van der Waals surface area contributed by atoms with Crippen LogP contribution in [0.5, 0.6) is 0 Å². The molecule has 0 spiro atoms. The zero-order valence-electron chi connectivity index (χ0n) is 33.0. The normalized spacial score (nSPS) is 13.7. The number of likely N-dealkylation sites (N-methyl/N-ethyl adjacent to an activating group) is 1. The first-order valence-electron chi connectivity index (χ1n) is 19.8. The van der Waals surface area contributed by atoms with Crippen molar-refractivity contribution in [3.63, 3.8) is 0 Å². The lowest BCUT2D eigenvalue weighted by Gasteiger charge is -2.31. The minimum atomic E-state index is -0.885. The number of unbranched alkanes of at least 4 members (excludes halogenated alkanes) is 10. The van der Waals surface area contributed by atoms with E-state index in [0.29, 0.717) is 19.3 Å². The van der Waals surface area contributed by atoms with Gasteiger partial charge in [-0.1, -0.05) is 120 Å². The molecule has 292 valence electrons. The highest BCUT2D eigenvalue weighted by molar-refractivity contribution is 5.72. The Morgan fingerprint density at radius 2 is 1.14 bits per heavy atom. The number of rotatable bonds is 34. The molecule has 51 heavy (non-hydrogen) atoms. The van der Waals surface area contributed by atoms with E-state index < -0.39 is 18.1 Å². The van der Waals surface area contributed by atoms with Crippen LogP contribution in [-0.2, 0) is 28.6 Å². The zero-order chi connectivity index (χ0) is 37.8. The Balaban J connectivity index is 4.34. The maximum atomic E-state index is 12.6. The average molecular weight is 717 g/mol. The largest absolute Gasteiger partial charge is 0.477 e. The number of carbonyl (C=O) groups is 3. The number of quaternary nitrogens is 1. The molecule has 0 aliphatic rings. The highest BCUT2D eigenvalue weighted by Crippen LogP contribution is 2.13. The van der Waals surface area contributed by atoms with Gasteiger partial charge < -0.3 is 23.8 Å². The van der Waals surface area contributed by atoms with Crippen molar-refractivity contribution in [3.8, 4) is 0 Å². The maximum absolute atomic E-state index is 12.6. The van der Waals surface area contributed by atoms with Gasteiger partial charge in [0.25, 0.3) is 0 Å². The van der Waals surface area contributed by atoms with Gasteiger partial charge in [-0.05, 0) is 64.2 Å². The van der Waals surface area contributed by atoms with E-state index in [1.807, 2.05) is 27.2 Å². The Kier molecular flexibility index (Phi) is 32.1. The SMILES string of the molecule is CC/C=C/C/C=C/C/C=C/C/C=C/CCCCCCCCCC(=O)OC(COCCC(C(=O)O)[N+](C)(C)C)COC(=O)CC/C=C/CCCCC. The molecule has 0 heterocycles. The van der Waals surface area contributed by atoms with Gasteiger partial charge in [-0.25, -0.2) is 4.79 Å². The highest BCUT2D eigenvalue weighted by atomic mass is 16.6. The number of esters is 2. The van der Waals surface area contributed by atoms with E-state index in [9.17, 15) is 19.5 Å². The van der Waals surface area contributed by atoms with Crippen LogP contribution in [0, 0.1) is 0 Å². The predicted molar refractivity (Wildman–Crippen MR) is 211 cm³/mol. The molecule has 8 nitrogen and oxygen atoms in total. The number of hydrogen-bond acceptors (Lipinski definition) is 6. The summed E-state index contributed by atoms with van der Waals surface area (Å²) in [6.45, 7) is 4.48. The van der Waals surface area contributed by atoms with Crippen molar-refractivity contribution in [2.75, 3.05) is 41.0 Å². The fraction of sp³-hybridized carbons (Fsp3) is 0.698. The summed E-state index contributed by atoms with van der Waals surface area (Å²) in [6.07, 6.45) is 40.1. The molecule has 2 atom stereocenters. The lowest BCUT2D eigenvalue weighted by molar-refractivity contribution is -0.887. The summed E-state index contributed by atoms with van der Waals surface area (Å²) in [5.74, 6) is -1.56. The Labute approximate surface area is 311 Å². The van der Waals surface area contributed by atoms with Gasteiger partial charge in [0.1, 0.15) is 6.61 Å². The molecule has 0 rings (SSSR count). The first-order valence-corrected chi connectivity index (χ1v) is 19.8. The van der Waals surface area contributed by atoms with Crippen LogP contribution in [0.4, 0.5) is 0 Å². The van der Waals surface area contributed by atoms with Gasteiger partial charge in [0, 0.05) is 19.3 Å². The van der Waals surface area contributed by atoms with E-state index in [4.69, 9.17) is 14.2 Å². The Morgan fingerprint density at radius 1 is 0.608 bits per heavy atom. The number of nitrogens with zero attached hydrogens (tertiary/aromatic N) is 1. The summed E-state index contributed by atoms with van der Waals surface area (Å²) in [4.78, 5) is 36.6. The summed E-state index contributed by atoms with van der Waals surface area (Å²) < 4.78 is 17.1. The molecule has 0 fully saturated rings. The van der Waals surface area contributed by atoms with E-state index in [1.54, 1.807) is 0 Å². The van der Waals surface area contributed by atoms with E-state index in [-0.39, 0.29) is 42.7 Å². The van der Waals surface area contributed by atoms with Gasteiger partial charge in [0.15, 0.2) is 12.1 Å². The standard InChI is InChI=1S/C43H73NO7/c1-6-8-10-12-14-15-16-17-18-19-20-21-22-23-24-25-26-28-30-32-34-42(46)51-39(37-49-36-35-40(43(47)48)44(3,4)5)38-50-41(45)33-31-29-27-13-11-9-7-2/h8,10,14-15,17-18,20-21,27,29,39-40H,6-7,9,11-13,16,19,22-26,28,30-38H2,1-5H3/p+1/b10-8+,15-14+,18-17+,21-20+,29-27+. The average Bonchev–Trinajstić information content (AvgIpc) is 3.08. The monoisotopic (exact) mass is 717 g/mol. The van der Waals surface area contributed by atoms with Gasteiger partial charge in [-0.15, -0.1) is 0 Å². The molecule has 0 bridgehead atoms. The first-order chi connectivity index (χ1) is 24.6. The molecule has 0 aliphatic heterocycles. The van der Waals surface area contributed by atoms with Crippen molar-refractivity contribution >= 4 is 17.9 Å². The van der Waals surface area contributed by atoms with Crippen molar-refractivity contribution in [1.29, 1.82) is 0 Å². The summed E-state index contributed by atoms with van der Waals surface area (Å²) >= 11 is 0. The fourth-order valence-corrected chi connectivity index (χ4v) is 5.33. The van der Waals surface area contributed by atoms with E-state index in [1.165, 1.54) is 32.1 Å². The number of aliphatic carboxylic acids is 1. The van der Waals surface area contributed by atoms with Gasteiger partial charge in [-0.3, -0.25) is 9.59 Å². The van der Waals surface area contributed by atoms with Crippen molar-refractivity contribution in [2.24, 2.45) is 0 Å². The summed E-state index contributed by atoms with van der Waals surface area (Å²) in [7, 11) is 5.49. The second-order valence-corrected chi connectivity index (χ2v) is 14.1. The van der Waals surface area contributed by atoms with Crippen LogP contribution >= 0.6 is 0 Å². The van der Waals surface area contributed by atoms with Crippen molar-refractivity contribution < 1.29 is 38.2 Å². The quantitative estimate of drug-likeness (QED) is 0.0306. The van der Waals surface area contributed by atoms with Gasteiger partial charge in [-0.2, -0.15) is 0 Å². The zero-order valence-corrected chi connectivity index (χ0v) is 33.0. The number of carboxylic acids is 1. The lowest BCUT2D eigenvalue weighted by atomic mass is 10.1. The van der Waals surface area contributed by atoms with E-state index in [2.05, 4.69) is 68.5 Å². The van der Waals surface area contributed by atoms with Gasteiger partial charge in [0.2, 0.25) is 0 Å². The minimum Gasteiger partial charge on any atom is -0.477 e. The smallest absolute Gasteiger partial charge is 0.362 e. The van der Waals surface area contributed by atoms with Crippen LogP contribution in [0.1, 0.15) is 142 Å². The molecule has 0 aliphatic carbocycles. The van der Waals surface area contributed by atoms with Crippen LogP contribution < -0.4 is 0 Å². The molecular weight excluding hydrogens is 642 g/mol. The molecule has 0 saturated heterocycles. The molecule has 1 N–H and O–H groups in total. The lowest BCUT2D eigenvalue weighted by Crippen LogP contribution is -2.50. The molecule has 0 amide bonds. The van der Waals surface area contributed by atoms with Gasteiger partial charge >= 0.3 is 17.9 Å². The Bertz CT molecular complexity index is 1020. The minimum absolute atomic E-state index is 0.0424. The fourth-order valence-electron chi connectivity index (χ4n) is 5.33. The van der Waals surface area contributed by atoms with Crippen LogP contribution in [0.2, 0.25) is 0 Å². The van der Waals surface area contributed by atoms with Crippen LogP contribution in [0.3, 0.4) is 0 Å². The van der Waals surface area contributed by atoms with Crippen LogP contribution in [0.15, 0.2) is 60.8 Å². The van der Waals surface area contributed by atoms with Crippen molar-refractivity contribution in [2.45, 2.75) is 154 Å². The Morgan fingerprint density at radius 3 is 1.73 bits per heavy atom. The second-order valence-electron chi connectivity index (χ2n) is 14.1. The van der Waals surface area contributed by atoms with Crippen molar-refractivity contribution in [3.05, 3.63) is 60.8 Å². The number of carboxylic acid groups (broad SMARTS) is 1. The topological polar surface area (TPSA) is 99.1 Å². The summed E-state index contributed by atoms with van der Waals surface area (Å²) in [5.41, 5.74) is 0. The molecule has 8 heteroatoms. The molecule has 2 unspecified atom stereocenters. The molecule has 0 radical (unpaired) electrons. The summed E-state index contributed by atoms with van der Waals surface area (Å²) in [5, 5.41) is 9.57. The highest BCUT2D eigenvalue weighted by Gasteiger charge is 2.31. The summed E-state index contributed by atoms with van der Waals surface area (Å²) in [6, 6.07) is -0.621. The number of carbonyl (C=O) groups excluding carboxylic acids is 2. The Hall–Kier alpha value is -2.97. The third-order valence-electron chi connectivity index (χ3n) is 8.41. The van der Waals surface area contributed by atoms with E-state index >= 15 is 0 Å². The van der Waals surface area contributed by atoms with Crippen LogP contribution in [0.25, 0.3) is 0 Å². The number of allylic oxidation sites excluding steroid dienone is 10. The molecule has 0 aromatic rings. The van der Waals surface area contributed by atoms with Crippen molar-refractivity contribution in [1.82, 2.24) is 0 Å². The molecule has 0 aromatic carbocycles.